The second-order valence-corrected chi connectivity index (χ2v) is 6.02. The molecule has 0 radical (unpaired) electrons. The van der Waals surface area contributed by atoms with E-state index < -0.39 is 0 Å². The van der Waals surface area contributed by atoms with Crippen molar-refractivity contribution in [2.75, 3.05) is 11.9 Å². The summed E-state index contributed by atoms with van der Waals surface area (Å²) in [5, 5.41) is 8.46. The molecule has 1 fully saturated rings. The number of hydrogen-bond donors (Lipinski definition) is 2. The predicted octanol–water partition coefficient (Wildman–Crippen LogP) is 3.92. The highest BCUT2D eigenvalue weighted by Crippen LogP contribution is 2.31. The standard InChI is InChI=1S/C16H18N2OS.ClH/c19-16(11-12-5-3-9-17-12)18-14-7-2-1-6-13(14)15-8-4-10-20-15;/h1-2,4,6-8,10,12,17H,3,5,9,11H2,(H,18,19);1H. The van der Waals surface area contributed by atoms with Crippen LogP contribution < -0.4 is 10.6 Å². The van der Waals surface area contributed by atoms with Gasteiger partial charge in [0.2, 0.25) is 5.91 Å². The fourth-order valence-electron chi connectivity index (χ4n) is 2.59. The van der Waals surface area contributed by atoms with Gasteiger partial charge in [-0.2, -0.15) is 0 Å². The topological polar surface area (TPSA) is 41.1 Å². The van der Waals surface area contributed by atoms with Crippen molar-refractivity contribution in [3.8, 4) is 10.4 Å². The first-order valence-corrected chi connectivity index (χ1v) is 7.87. The first kappa shape index (κ1) is 16.0. The molecular weight excluding hydrogens is 304 g/mol. The maximum absolute atomic E-state index is 12.1. The van der Waals surface area contributed by atoms with Crippen LogP contribution in [0.4, 0.5) is 5.69 Å². The third-order valence-electron chi connectivity index (χ3n) is 3.58. The number of anilines is 1. The Morgan fingerprint density at radius 1 is 1.29 bits per heavy atom. The van der Waals surface area contributed by atoms with E-state index in [0.29, 0.717) is 12.5 Å². The molecule has 0 saturated carbocycles. The van der Waals surface area contributed by atoms with E-state index in [-0.39, 0.29) is 18.3 Å². The first-order chi connectivity index (χ1) is 9.83. The van der Waals surface area contributed by atoms with Crippen molar-refractivity contribution in [2.45, 2.75) is 25.3 Å². The average Bonchev–Trinajstić information content (AvgIpc) is 3.11. The maximum atomic E-state index is 12.1. The van der Waals surface area contributed by atoms with Gasteiger partial charge in [0.05, 0.1) is 0 Å². The van der Waals surface area contributed by atoms with E-state index in [1.54, 1.807) is 11.3 Å². The van der Waals surface area contributed by atoms with Gasteiger partial charge in [-0.05, 0) is 36.9 Å². The molecule has 0 aliphatic carbocycles. The van der Waals surface area contributed by atoms with Crippen LogP contribution in [0.1, 0.15) is 19.3 Å². The summed E-state index contributed by atoms with van der Waals surface area (Å²) in [6.07, 6.45) is 2.82. The van der Waals surface area contributed by atoms with Gasteiger partial charge >= 0.3 is 0 Å². The van der Waals surface area contributed by atoms with Crippen LogP contribution >= 0.6 is 23.7 Å². The van der Waals surface area contributed by atoms with Crippen molar-refractivity contribution in [2.24, 2.45) is 0 Å². The number of thiophene rings is 1. The van der Waals surface area contributed by atoms with Crippen LogP contribution in [0.25, 0.3) is 10.4 Å². The van der Waals surface area contributed by atoms with Crippen LogP contribution in [-0.2, 0) is 4.79 Å². The zero-order valence-electron chi connectivity index (χ0n) is 11.7. The van der Waals surface area contributed by atoms with Crippen molar-refractivity contribution < 1.29 is 4.79 Å². The van der Waals surface area contributed by atoms with Gasteiger partial charge in [0.25, 0.3) is 0 Å². The van der Waals surface area contributed by atoms with Gasteiger partial charge < -0.3 is 10.6 Å². The Hall–Kier alpha value is -1.36. The molecule has 1 atom stereocenters. The molecule has 2 heterocycles. The molecule has 1 aliphatic heterocycles. The molecule has 1 unspecified atom stereocenters. The highest BCUT2D eigenvalue weighted by Gasteiger charge is 2.18. The zero-order chi connectivity index (χ0) is 13.8. The normalized spacial score (nSPS) is 17.2. The lowest BCUT2D eigenvalue weighted by atomic mass is 10.1. The molecular formula is C16H19ClN2OS. The van der Waals surface area contributed by atoms with Crippen LogP contribution in [0.2, 0.25) is 0 Å². The van der Waals surface area contributed by atoms with Crippen LogP contribution in [0.5, 0.6) is 0 Å². The molecule has 2 aromatic rings. The lowest BCUT2D eigenvalue weighted by Gasteiger charge is -2.12. The highest BCUT2D eigenvalue weighted by molar-refractivity contribution is 7.13. The largest absolute Gasteiger partial charge is 0.325 e. The monoisotopic (exact) mass is 322 g/mol. The van der Waals surface area contributed by atoms with E-state index in [9.17, 15) is 4.79 Å². The van der Waals surface area contributed by atoms with Crippen LogP contribution in [0, 0.1) is 0 Å². The Morgan fingerprint density at radius 3 is 2.86 bits per heavy atom. The second kappa shape index (κ2) is 7.59. The fourth-order valence-corrected chi connectivity index (χ4v) is 3.36. The van der Waals surface area contributed by atoms with Crippen molar-refractivity contribution >= 4 is 35.3 Å². The fraction of sp³-hybridized carbons (Fsp3) is 0.312. The van der Waals surface area contributed by atoms with Crippen LogP contribution in [0.15, 0.2) is 41.8 Å². The van der Waals surface area contributed by atoms with E-state index in [1.807, 2.05) is 24.3 Å². The summed E-state index contributed by atoms with van der Waals surface area (Å²) in [7, 11) is 0. The van der Waals surface area contributed by atoms with E-state index in [1.165, 1.54) is 11.3 Å². The van der Waals surface area contributed by atoms with Crippen molar-refractivity contribution in [3.05, 3.63) is 41.8 Å². The molecule has 1 aliphatic rings. The van der Waals surface area contributed by atoms with Gasteiger partial charge in [-0.3, -0.25) is 4.79 Å². The third-order valence-corrected chi connectivity index (χ3v) is 4.49. The average molecular weight is 323 g/mol. The molecule has 3 rings (SSSR count). The van der Waals surface area contributed by atoms with Crippen LogP contribution in [-0.4, -0.2) is 18.5 Å². The lowest BCUT2D eigenvalue weighted by Crippen LogP contribution is -2.27. The van der Waals surface area contributed by atoms with Gasteiger partial charge in [0.1, 0.15) is 0 Å². The van der Waals surface area contributed by atoms with Crippen molar-refractivity contribution in [1.82, 2.24) is 5.32 Å². The molecule has 1 saturated heterocycles. The van der Waals surface area contributed by atoms with Gasteiger partial charge in [-0.25, -0.2) is 0 Å². The molecule has 1 aromatic heterocycles. The summed E-state index contributed by atoms with van der Waals surface area (Å²) < 4.78 is 0. The zero-order valence-corrected chi connectivity index (χ0v) is 13.3. The number of hydrogen-bond acceptors (Lipinski definition) is 3. The number of para-hydroxylation sites is 1. The Morgan fingerprint density at radius 2 is 2.14 bits per heavy atom. The number of benzene rings is 1. The molecule has 3 nitrogen and oxygen atoms in total. The summed E-state index contributed by atoms with van der Waals surface area (Å²) in [5.74, 6) is 0.0911. The molecule has 112 valence electrons. The summed E-state index contributed by atoms with van der Waals surface area (Å²) in [4.78, 5) is 13.3. The van der Waals surface area contributed by atoms with E-state index in [2.05, 4.69) is 28.1 Å². The number of carbonyl (C=O) groups excluding carboxylic acids is 1. The number of halogens is 1. The van der Waals surface area contributed by atoms with E-state index in [0.717, 1.165) is 24.2 Å². The third kappa shape index (κ3) is 4.06. The number of amides is 1. The SMILES string of the molecule is Cl.O=C(CC1CCCN1)Nc1ccccc1-c1cccs1. The molecule has 1 amide bonds. The van der Waals surface area contributed by atoms with Gasteiger partial charge in [0.15, 0.2) is 0 Å². The minimum atomic E-state index is 0. The summed E-state index contributed by atoms with van der Waals surface area (Å²) >= 11 is 1.69. The maximum Gasteiger partial charge on any atom is 0.225 e. The Bertz CT molecular complexity index is 580. The number of carbonyl (C=O) groups is 1. The summed E-state index contributed by atoms with van der Waals surface area (Å²) in [6, 6.07) is 12.4. The van der Waals surface area contributed by atoms with Crippen molar-refractivity contribution in [1.29, 1.82) is 0 Å². The Labute approximate surface area is 135 Å². The van der Waals surface area contributed by atoms with Gasteiger partial charge in [0, 0.05) is 28.6 Å². The van der Waals surface area contributed by atoms with Crippen LogP contribution in [0.3, 0.4) is 0 Å². The lowest BCUT2D eigenvalue weighted by molar-refractivity contribution is -0.116. The molecule has 2 N–H and O–H groups in total. The first-order valence-electron chi connectivity index (χ1n) is 6.99. The van der Waals surface area contributed by atoms with Gasteiger partial charge in [-0.15, -0.1) is 23.7 Å². The Kier molecular flexibility index (Phi) is 5.79. The number of rotatable bonds is 4. The Balaban J connectivity index is 0.00000161. The molecule has 0 spiro atoms. The van der Waals surface area contributed by atoms with Gasteiger partial charge in [-0.1, -0.05) is 24.3 Å². The second-order valence-electron chi connectivity index (χ2n) is 5.07. The summed E-state index contributed by atoms with van der Waals surface area (Å²) in [5.41, 5.74) is 1.99. The van der Waals surface area contributed by atoms with Crippen molar-refractivity contribution in [3.63, 3.8) is 0 Å². The molecule has 1 aromatic carbocycles. The smallest absolute Gasteiger partial charge is 0.225 e. The summed E-state index contributed by atoms with van der Waals surface area (Å²) in [6.45, 7) is 1.03. The minimum absolute atomic E-state index is 0. The molecule has 0 bridgehead atoms. The molecule has 21 heavy (non-hydrogen) atoms. The van der Waals surface area contributed by atoms with E-state index >= 15 is 0 Å². The quantitative estimate of drug-likeness (QED) is 0.895. The number of nitrogens with one attached hydrogen (secondary N) is 2. The molecule has 5 heteroatoms. The predicted molar refractivity (Wildman–Crippen MR) is 91.3 cm³/mol. The highest BCUT2D eigenvalue weighted by atomic mass is 35.5. The van der Waals surface area contributed by atoms with E-state index in [4.69, 9.17) is 0 Å². The minimum Gasteiger partial charge on any atom is -0.325 e.